The first kappa shape index (κ1) is 19.8. The van der Waals surface area contributed by atoms with Gasteiger partial charge in [0.25, 0.3) is 0 Å². The van der Waals surface area contributed by atoms with Crippen molar-refractivity contribution in [1.82, 2.24) is 4.90 Å². The highest BCUT2D eigenvalue weighted by atomic mass is 16.7. The van der Waals surface area contributed by atoms with Crippen molar-refractivity contribution in [3.05, 3.63) is 29.8 Å². The molecule has 0 aromatic heterocycles. The van der Waals surface area contributed by atoms with Crippen LogP contribution in [-0.4, -0.2) is 40.0 Å². The van der Waals surface area contributed by atoms with E-state index in [9.17, 15) is 9.90 Å². The van der Waals surface area contributed by atoms with Gasteiger partial charge in [0.05, 0.1) is 17.2 Å². The van der Waals surface area contributed by atoms with Crippen LogP contribution in [0.1, 0.15) is 67.0 Å². The van der Waals surface area contributed by atoms with E-state index in [0.717, 1.165) is 11.0 Å². The lowest BCUT2D eigenvalue weighted by atomic mass is 9.78. The molecule has 0 saturated carbocycles. The number of carbonyl (C=O) groups is 1. The van der Waals surface area contributed by atoms with Gasteiger partial charge in [-0.15, -0.1) is 0 Å². The van der Waals surface area contributed by atoms with Crippen LogP contribution in [0.4, 0.5) is 4.79 Å². The number of nitrogens with zero attached hydrogens (tertiary/aromatic N) is 1. The van der Waals surface area contributed by atoms with E-state index in [2.05, 4.69) is 0 Å². The van der Waals surface area contributed by atoms with Gasteiger partial charge in [-0.1, -0.05) is 24.3 Å². The van der Waals surface area contributed by atoms with Gasteiger partial charge in [0.15, 0.2) is 0 Å². The highest BCUT2D eigenvalue weighted by Crippen LogP contribution is 2.36. The average molecular weight is 347 g/mol. The Bertz CT molecular complexity index is 618. The molecular formula is C19H30BNO4. The summed E-state index contributed by atoms with van der Waals surface area (Å²) in [5, 5.41) is 9.57. The molecule has 0 aliphatic carbocycles. The number of rotatable bonds is 3. The molecule has 2 rings (SSSR count). The molecule has 6 heteroatoms. The Kier molecular flexibility index (Phi) is 5.01. The Morgan fingerprint density at radius 1 is 1.08 bits per heavy atom. The highest BCUT2D eigenvalue weighted by molar-refractivity contribution is 6.62. The molecule has 0 unspecified atom stereocenters. The number of carboxylic acid groups (broad SMARTS) is 1. The van der Waals surface area contributed by atoms with Crippen molar-refractivity contribution in [1.29, 1.82) is 0 Å². The van der Waals surface area contributed by atoms with Gasteiger partial charge in [0.1, 0.15) is 0 Å². The zero-order valence-corrected chi connectivity index (χ0v) is 16.6. The van der Waals surface area contributed by atoms with Gasteiger partial charge in [-0.2, -0.15) is 0 Å². The molecule has 1 atom stereocenters. The van der Waals surface area contributed by atoms with Gasteiger partial charge in [-0.3, -0.25) is 4.90 Å². The summed E-state index contributed by atoms with van der Waals surface area (Å²) in [6, 6.07) is 7.57. The predicted molar refractivity (Wildman–Crippen MR) is 100 cm³/mol. The molecule has 1 aromatic carbocycles. The maximum atomic E-state index is 11.7. The van der Waals surface area contributed by atoms with Gasteiger partial charge < -0.3 is 14.4 Å². The zero-order chi connectivity index (χ0) is 19.2. The Morgan fingerprint density at radius 3 is 1.88 bits per heavy atom. The summed E-state index contributed by atoms with van der Waals surface area (Å²) in [4.78, 5) is 13.1. The third-order valence-electron chi connectivity index (χ3n) is 5.26. The minimum atomic E-state index is -0.921. The van der Waals surface area contributed by atoms with Crippen LogP contribution < -0.4 is 5.46 Å². The maximum Gasteiger partial charge on any atom is 0.494 e. The summed E-state index contributed by atoms with van der Waals surface area (Å²) in [6.07, 6.45) is -0.921. The second kappa shape index (κ2) is 6.33. The fraction of sp³-hybridized carbons (Fsp3) is 0.632. The molecule has 1 heterocycles. The van der Waals surface area contributed by atoms with Crippen LogP contribution in [0.25, 0.3) is 0 Å². The molecule has 1 saturated heterocycles. The lowest BCUT2D eigenvalue weighted by Crippen LogP contribution is -2.46. The maximum absolute atomic E-state index is 11.7. The summed E-state index contributed by atoms with van der Waals surface area (Å²) in [5.41, 5.74) is 0.645. The molecule has 1 aromatic rings. The molecule has 1 aliphatic heterocycles. The number of benzene rings is 1. The summed E-state index contributed by atoms with van der Waals surface area (Å²) in [6.45, 7) is 15.7. The topological polar surface area (TPSA) is 59.0 Å². The highest BCUT2D eigenvalue weighted by Gasteiger charge is 2.51. The SMILES string of the molecule is C[C@H](c1ccc(B2OC(C)(C)C(C)(C)O2)cc1)N(C(=O)O)C(C)(C)C. The van der Waals surface area contributed by atoms with Crippen LogP contribution in [0, 0.1) is 0 Å². The van der Waals surface area contributed by atoms with Crippen LogP contribution in [0.3, 0.4) is 0 Å². The Hall–Kier alpha value is -1.53. The third kappa shape index (κ3) is 3.85. The molecular weight excluding hydrogens is 317 g/mol. The minimum Gasteiger partial charge on any atom is -0.465 e. The van der Waals surface area contributed by atoms with E-state index in [-0.39, 0.29) is 17.2 Å². The minimum absolute atomic E-state index is 0.246. The molecule has 0 spiro atoms. The van der Waals surface area contributed by atoms with Crippen molar-refractivity contribution in [2.75, 3.05) is 0 Å². The van der Waals surface area contributed by atoms with Gasteiger partial charge in [-0.25, -0.2) is 4.79 Å². The van der Waals surface area contributed by atoms with E-state index in [1.165, 1.54) is 4.90 Å². The van der Waals surface area contributed by atoms with Crippen LogP contribution in [-0.2, 0) is 9.31 Å². The molecule has 5 nitrogen and oxygen atoms in total. The largest absolute Gasteiger partial charge is 0.494 e. The molecule has 0 bridgehead atoms. The summed E-state index contributed by atoms with van der Waals surface area (Å²) >= 11 is 0. The smallest absolute Gasteiger partial charge is 0.465 e. The van der Waals surface area contributed by atoms with Crippen molar-refractivity contribution in [2.45, 2.75) is 78.2 Å². The summed E-state index contributed by atoms with van der Waals surface area (Å²) in [5.74, 6) is 0. The van der Waals surface area contributed by atoms with E-state index in [0.29, 0.717) is 0 Å². The fourth-order valence-electron chi connectivity index (χ4n) is 3.09. The van der Waals surface area contributed by atoms with E-state index in [1.54, 1.807) is 0 Å². The second-order valence-corrected chi connectivity index (χ2v) is 8.75. The number of hydrogen-bond donors (Lipinski definition) is 1. The summed E-state index contributed by atoms with van der Waals surface area (Å²) < 4.78 is 12.1. The van der Waals surface area contributed by atoms with Gasteiger partial charge >= 0.3 is 13.2 Å². The van der Waals surface area contributed by atoms with Crippen molar-refractivity contribution in [3.63, 3.8) is 0 Å². The Morgan fingerprint density at radius 2 is 1.52 bits per heavy atom. The second-order valence-electron chi connectivity index (χ2n) is 8.75. The number of amides is 1. The van der Waals surface area contributed by atoms with Crippen molar-refractivity contribution in [3.8, 4) is 0 Å². The normalized spacial score (nSPS) is 20.4. The summed E-state index contributed by atoms with van der Waals surface area (Å²) in [7, 11) is -0.410. The first-order chi connectivity index (χ1) is 11.3. The van der Waals surface area contributed by atoms with Crippen LogP contribution in [0.5, 0.6) is 0 Å². The average Bonchev–Trinajstić information content (AvgIpc) is 2.65. The molecule has 138 valence electrons. The standard InChI is InChI=1S/C19H30BNO4/c1-13(21(16(22)23)17(2,3)4)14-9-11-15(12-10-14)20-24-18(5,6)19(7,8)25-20/h9-13H,1-8H3,(H,22,23)/t13-/m1/s1. The van der Waals surface area contributed by atoms with Crippen molar-refractivity contribution < 1.29 is 19.2 Å². The lowest BCUT2D eigenvalue weighted by molar-refractivity contribution is 0.00578. The molecule has 25 heavy (non-hydrogen) atoms. The molecule has 0 radical (unpaired) electrons. The zero-order valence-electron chi connectivity index (χ0n) is 16.6. The number of hydrogen-bond acceptors (Lipinski definition) is 3. The Balaban J connectivity index is 2.22. The fourth-order valence-corrected chi connectivity index (χ4v) is 3.09. The molecule has 1 aliphatic rings. The predicted octanol–water partition coefficient (Wildman–Crippen LogP) is 3.83. The van der Waals surface area contributed by atoms with Gasteiger partial charge in [0, 0.05) is 5.54 Å². The van der Waals surface area contributed by atoms with Gasteiger partial charge in [-0.05, 0) is 66.4 Å². The van der Waals surface area contributed by atoms with Crippen LogP contribution in [0.15, 0.2) is 24.3 Å². The van der Waals surface area contributed by atoms with E-state index in [1.807, 2.05) is 79.7 Å². The van der Waals surface area contributed by atoms with E-state index in [4.69, 9.17) is 9.31 Å². The first-order valence-corrected chi connectivity index (χ1v) is 8.74. The third-order valence-corrected chi connectivity index (χ3v) is 5.26. The van der Waals surface area contributed by atoms with Crippen LogP contribution >= 0.6 is 0 Å². The monoisotopic (exact) mass is 347 g/mol. The van der Waals surface area contributed by atoms with Gasteiger partial charge in [0.2, 0.25) is 0 Å². The van der Waals surface area contributed by atoms with E-state index >= 15 is 0 Å². The first-order valence-electron chi connectivity index (χ1n) is 8.74. The van der Waals surface area contributed by atoms with Crippen LogP contribution in [0.2, 0.25) is 0 Å². The Labute approximate surface area is 151 Å². The van der Waals surface area contributed by atoms with E-state index < -0.39 is 18.8 Å². The quantitative estimate of drug-likeness (QED) is 0.845. The van der Waals surface area contributed by atoms with Crippen molar-refractivity contribution >= 4 is 18.7 Å². The molecule has 1 fully saturated rings. The van der Waals surface area contributed by atoms with Crippen molar-refractivity contribution in [2.24, 2.45) is 0 Å². The molecule has 1 N–H and O–H groups in total. The molecule has 1 amide bonds. The lowest BCUT2D eigenvalue weighted by Gasteiger charge is -2.38.